The number of carbonyl (C=O) groups is 1. The first-order valence-corrected chi connectivity index (χ1v) is 12.0. The zero-order valence-corrected chi connectivity index (χ0v) is 20.2. The van der Waals surface area contributed by atoms with Gasteiger partial charge in [-0.3, -0.25) is 9.47 Å². The average molecular weight is 489 g/mol. The van der Waals surface area contributed by atoms with Crippen molar-refractivity contribution in [2.75, 3.05) is 13.1 Å². The molecule has 3 heterocycles. The van der Waals surface area contributed by atoms with Crippen molar-refractivity contribution >= 4 is 34.6 Å². The van der Waals surface area contributed by atoms with Crippen LogP contribution in [0.1, 0.15) is 27.9 Å². The predicted molar refractivity (Wildman–Crippen MR) is 138 cm³/mol. The molecule has 7 heteroatoms. The van der Waals surface area contributed by atoms with Crippen molar-refractivity contribution < 1.29 is 9.18 Å². The molecule has 5 rings (SSSR count). The highest BCUT2D eigenvalue weighted by molar-refractivity contribution is 6.29. The second-order valence-corrected chi connectivity index (χ2v) is 9.25. The van der Waals surface area contributed by atoms with Gasteiger partial charge in [0.1, 0.15) is 11.0 Å². The molecule has 1 amide bonds. The van der Waals surface area contributed by atoms with Crippen LogP contribution in [0, 0.1) is 12.7 Å². The van der Waals surface area contributed by atoms with E-state index in [1.807, 2.05) is 28.8 Å². The molecule has 2 aromatic carbocycles. The monoisotopic (exact) mass is 488 g/mol. The van der Waals surface area contributed by atoms with E-state index in [2.05, 4.69) is 34.3 Å². The van der Waals surface area contributed by atoms with Gasteiger partial charge in [-0.25, -0.2) is 14.2 Å². The smallest absolute Gasteiger partial charge is 0.326 e. The van der Waals surface area contributed by atoms with Gasteiger partial charge in [0.15, 0.2) is 0 Å². The molecule has 1 N–H and O–H groups in total. The average Bonchev–Trinajstić information content (AvgIpc) is 3.17. The Morgan fingerprint density at radius 3 is 2.80 bits per heavy atom. The van der Waals surface area contributed by atoms with Crippen LogP contribution in [0.5, 0.6) is 0 Å². The zero-order chi connectivity index (χ0) is 24.4. The van der Waals surface area contributed by atoms with E-state index in [1.165, 1.54) is 17.7 Å². The Hall–Kier alpha value is -3.48. The lowest BCUT2D eigenvalue weighted by Gasteiger charge is -2.27. The molecule has 0 saturated carbocycles. The van der Waals surface area contributed by atoms with Gasteiger partial charge in [0.05, 0.1) is 5.52 Å². The summed E-state index contributed by atoms with van der Waals surface area (Å²) in [6.45, 7) is 4.85. The number of benzene rings is 2. The first-order chi connectivity index (χ1) is 17.0. The van der Waals surface area contributed by atoms with Gasteiger partial charge in [-0.2, -0.15) is 0 Å². The summed E-state index contributed by atoms with van der Waals surface area (Å²) < 4.78 is 15.0. The summed E-state index contributed by atoms with van der Waals surface area (Å²) in [6.07, 6.45) is 6.54. The normalized spacial score (nSPS) is 13.9. The first kappa shape index (κ1) is 23.3. The number of amides is 1. The largest absolute Gasteiger partial charge is 0.333 e. The van der Waals surface area contributed by atoms with Crippen molar-refractivity contribution in [1.29, 1.82) is 0 Å². The molecule has 0 unspecified atom stereocenters. The van der Waals surface area contributed by atoms with Gasteiger partial charge < -0.3 is 5.32 Å². The number of aryl methyl sites for hydroxylation is 1. The minimum Gasteiger partial charge on any atom is -0.333 e. The van der Waals surface area contributed by atoms with E-state index in [9.17, 15) is 9.18 Å². The number of aromatic nitrogens is 2. The number of fused-ring (bicyclic) bond motifs is 3. The molecule has 0 saturated heterocycles. The van der Waals surface area contributed by atoms with Gasteiger partial charge in [-0.05, 0) is 60.0 Å². The quantitative estimate of drug-likeness (QED) is 0.352. The van der Waals surface area contributed by atoms with Gasteiger partial charge in [-0.15, -0.1) is 0 Å². The highest BCUT2D eigenvalue weighted by atomic mass is 35.5. The third kappa shape index (κ3) is 5.14. The van der Waals surface area contributed by atoms with Crippen LogP contribution in [0.25, 0.3) is 17.0 Å². The van der Waals surface area contributed by atoms with Crippen molar-refractivity contribution in [2.24, 2.45) is 0 Å². The summed E-state index contributed by atoms with van der Waals surface area (Å²) in [7, 11) is 0. The number of pyridine rings is 1. The van der Waals surface area contributed by atoms with Crippen LogP contribution in [0.2, 0.25) is 5.15 Å². The number of halogens is 2. The topological polar surface area (TPSA) is 50.2 Å². The molecule has 1 aliphatic rings. The van der Waals surface area contributed by atoms with Crippen LogP contribution in [0.4, 0.5) is 9.18 Å². The molecule has 0 radical (unpaired) electrons. The lowest BCUT2D eigenvalue weighted by Crippen LogP contribution is -2.34. The number of hydrogen-bond donors (Lipinski definition) is 1. The van der Waals surface area contributed by atoms with Crippen LogP contribution in [-0.4, -0.2) is 33.6 Å². The van der Waals surface area contributed by atoms with Crippen LogP contribution in [0.15, 0.2) is 66.9 Å². The van der Waals surface area contributed by atoms with Gasteiger partial charge in [0.25, 0.3) is 0 Å². The van der Waals surface area contributed by atoms with Crippen LogP contribution in [-0.2, 0) is 19.5 Å². The first-order valence-electron chi connectivity index (χ1n) is 11.6. The minimum atomic E-state index is -0.231. The summed E-state index contributed by atoms with van der Waals surface area (Å²) in [4.78, 5) is 19.7. The molecule has 5 nitrogen and oxygen atoms in total. The third-order valence-corrected chi connectivity index (χ3v) is 6.57. The number of nitrogens with one attached hydrogen (secondary N) is 1. The highest BCUT2D eigenvalue weighted by Crippen LogP contribution is 2.31. The fourth-order valence-corrected chi connectivity index (χ4v) is 4.83. The van der Waals surface area contributed by atoms with Gasteiger partial charge >= 0.3 is 6.03 Å². The van der Waals surface area contributed by atoms with Crippen molar-refractivity contribution in [2.45, 2.75) is 26.4 Å². The number of carbonyl (C=O) groups excluding carboxylic acids is 1. The van der Waals surface area contributed by atoms with Crippen molar-refractivity contribution in [3.63, 3.8) is 0 Å². The molecule has 4 aromatic rings. The molecule has 0 aliphatic carbocycles. The van der Waals surface area contributed by atoms with Crippen LogP contribution < -0.4 is 5.32 Å². The molecular weight excluding hydrogens is 463 g/mol. The standard InChI is InChI=1S/C28H26ClFN4O/c1-19-4-9-25-23(15-19)24-18-33(13-2-3-20-5-7-22(30)8-6-20)14-11-26(24)34(25)28(35)32-17-21-10-12-31-27(29)16-21/h2-10,12,15-16H,11,13-14,17-18H2,1H3,(H,32,35)/b3-2+. The molecule has 0 fully saturated rings. The lowest BCUT2D eigenvalue weighted by molar-refractivity contribution is 0.240. The van der Waals surface area contributed by atoms with Crippen molar-refractivity contribution in [3.8, 4) is 0 Å². The summed E-state index contributed by atoms with van der Waals surface area (Å²) in [5, 5.41) is 4.57. The maximum absolute atomic E-state index is 13.3. The molecule has 1 aliphatic heterocycles. The van der Waals surface area contributed by atoms with E-state index in [0.29, 0.717) is 11.7 Å². The van der Waals surface area contributed by atoms with Crippen LogP contribution in [0.3, 0.4) is 0 Å². The predicted octanol–water partition coefficient (Wildman–Crippen LogP) is 5.97. The highest BCUT2D eigenvalue weighted by Gasteiger charge is 2.26. The van der Waals surface area contributed by atoms with E-state index in [1.54, 1.807) is 24.4 Å². The fraction of sp³-hybridized carbons (Fsp3) is 0.214. The molecule has 35 heavy (non-hydrogen) atoms. The van der Waals surface area contributed by atoms with Crippen molar-refractivity contribution in [3.05, 3.63) is 106 Å². The zero-order valence-electron chi connectivity index (χ0n) is 19.5. The molecule has 178 valence electrons. The van der Waals surface area contributed by atoms with E-state index < -0.39 is 0 Å². The van der Waals surface area contributed by atoms with E-state index in [4.69, 9.17) is 11.6 Å². The molecule has 0 spiro atoms. The second kappa shape index (κ2) is 10.0. The maximum Gasteiger partial charge on any atom is 0.326 e. The Balaban J connectivity index is 1.37. The third-order valence-electron chi connectivity index (χ3n) is 6.36. The van der Waals surface area contributed by atoms with Crippen molar-refractivity contribution in [1.82, 2.24) is 19.8 Å². The maximum atomic E-state index is 13.3. The van der Waals surface area contributed by atoms with Gasteiger partial charge in [0.2, 0.25) is 0 Å². The molecule has 0 atom stereocenters. The fourth-order valence-electron chi connectivity index (χ4n) is 4.64. The van der Waals surface area contributed by atoms with E-state index in [0.717, 1.165) is 59.3 Å². The van der Waals surface area contributed by atoms with E-state index >= 15 is 0 Å². The molecule has 2 aromatic heterocycles. The SMILES string of the molecule is Cc1ccc2c(c1)c1c(n2C(=O)NCc2ccnc(Cl)c2)CCN(C/C=C/c2ccc(F)cc2)C1. The van der Waals surface area contributed by atoms with Crippen LogP contribution >= 0.6 is 11.6 Å². The van der Waals surface area contributed by atoms with Gasteiger partial charge in [-0.1, -0.05) is 47.5 Å². The summed E-state index contributed by atoms with van der Waals surface area (Å²) in [5.74, 6) is -0.231. The Bertz CT molecular complexity index is 1410. The number of hydrogen-bond acceptors (Lipinski definition) is 3. The minimum absolute atomic E-state index is 0.141. The summed E-state index contributed by atoms with van der Waals surface area (Å²) in [6, 6.07) is 16.2. The Morgan fingerprint density at radius 2 is 2.00 bits per heavy atom. The lowest BCUT2D eigenvalue weighted by atomic mass is 10.0. The summed E-state index contributed by atoms with van der Waals surface area (Å²) >= 11 is 5.98. The van der Waals surface area contributed by atoms with Gasteiger partial charge in [0, 0.05) is 49.9 Å². The second-order valence-electron chi connectivity index (χ2n) is 8.87. The Morgan fingerprint density at radius 1 is 1.17 bits per heavy atom. The Labute approximate surface area is 208 Å². The molecule has 0 bridgehead atoms. The Kier molecular flexibility index (Phi) is 6.66. The molecular formula is C28H26ClFN4O. The summed E-state index contributed by atoms with van der Waals surface area (Å²) in [5.41, 5.74) is 6.23. The number of rotatable bonds is 5. The van der Waals surface area contributed by atoms with E-state index in [-0.39, 0.29) is 11.8 Å². The number of nitrogens with zero attached hydrogens (tertiary/aromatic N) is 3.